The van der Waals surface area contributed by atoms with Crippen LogP contribution in [0, 0.1) is 0 Å². The van der Waals surface area contributed by atoms with Gasteiger partial charge in [-0.15, -0.1) is 0 Å². The number of anilines is 2. The molecule has 3 aromatic rings. The average Bonchev–Trinajstić information content (AvgIpc) is 2.67. The Labute approximate surface area is 150 Å². The topological polar surface area (TPSA) is 96.9 Å². The van der Waals surface area contributed by atoms with Gasteiger partial charge in [0, 0.05) is 36.3 Å². The summed E-state index contributed by atoms with van der Waals surface area (Å²) in [5.41, 5.74) is 2.55. The lowest BCUT2D eigenvalue weighted by molar-refractivity contribution is 0.0945. The molecule has 1 aromatic carbocycles. The third-order valence-electron chi connectivity index (χ3n) is 3.64. The van der Waals surface area contributed by atoms with Gasteiger partial charge in [0.05, 0.1) is 0 Å². The van der Waals surface area contributed by atoms with Crippen LogP contribution in [0.3, 0.4) is 0 Å². The highest BCUT2D eigenvalue weighted by Crippen LogP contribution is 2.16. The normalized spacial score (nSPS) is 10.2. The molecule has 0 bridgehead atoms. The van der Waals surface area contributed by atoms with E-state index in [1.54, 1.807) is 42.7 Å². The summed E-state index contributed by atoms with van der Waals surface area (Å²) in [6.07, 6.45) is 4.69. The molecule has 0 aliphatic carbocycles. The number of ketones is 1. The zero-order valence-electron chi connectivity index (χ0n) is 14.1. The molecule has 130 valence electrons. The number of aromatic nitrogens is 3. The molecule has 26 heavy (non-hydrogen) atoms. The highest BCUT2D eigenvalue weighted by Gasteiger charge is 2.09. The maximum absolute atomic E-state index is 12.3. The van der Waals surface area contributed by atoms with Gasteiger partial charge in [-0.2, -0.15) is 0 Å². The number of pyridine rings is 1. The fourth-order valence-corrected chi connectivity index (χ4v) is 2.26. The third-order valence-corrected chi connectivity index (χ3v) is 3.64. The lowest BCUT2D eigenvalue weighted by Gasteiger charge is -2.08. The molecule has 0 fully saturated rings. The highest BCUT2D eigenvalue weighted by molar-refractivity contribution is 5.94. The molecule has 0 saturated heterocycles. The molecule has 0 unspecified atom stereocenters. The molecule has 1 amide bonds. The Morgan fingerprint density at radius 1 is 1.08 bits per heavy atom. The van der Waals surface area contributed by atoms with Crippen molar-refractivity contribution in [2.24, 2.45) is 0 Å². The first-order valence-corrected chi connectivity index (χ1v) is 7.99. The summed E-state index contributed by atoms with van der Waals surface area (Å²) < 4.78 is 0. The van der Waals surface area contributed by atoms with Crippen molar-refractivity contribution in [3.63, 3.8) is 0 Å². The number of nitrogens with one attached hydrogen (secondary N) is 2. The van der Waals surface area contributed by atoms with E-state index < -0.39 is 0 Å². The molecule has 0 aliphatic rings. The Kier molecular flexibility index (Phi) is 5.28. The van der Waals surface area contributed by atoms with Crippen LogP contribution in [0.25, 0.3) is 0 Å². The van der Waals surface area contributed by atoms with Crippen LogP contribution in [0.15, 0.2) is 61.2 Å². The Morgan fingerprint density at radius 3 is 2.58 bits per heavy atom. The lowest BCUT2D eigenvalue weighted by Crippen LogP contribution is -2.24. The van der Waals surface area contributed by atoms with Gasteiger partial charge in [-0.1, -0.05) is 6.07 Å². The maximum Gasteiger partial charge on any atom is 0.270 e. The second kappa shape index (κ2) is 7.98. The molecule has 2 heterocycles. The number of nitrogens with zero attached hydrogens (tertiary/aromatic N) is 3. The van der Waals surface area contributed by atoms with E-state index in [4.69, 9.17) is 0 Å². The Balaban J connectivity index is 1.65. The zero-order chi connectivity index (χ0) is 18.4. The fraction of sp³-hybridized carbons (Fsp3) is 0.105. The van der Waals surface area contributed by atoms with Crippen LogP contribution in [0.5, 0.6) is 0 Å². The standard InChI is InChI=1S/C19H17N5O2/c1-13(25)15-4-6-16(7-5-15)24-18-9-17(22-12-23-18)19(26)21-11-14-3-2-8-20-10-14/h2-10,12H,11H2,1H3,(H,21,26)(H,22,23,24). The summed E-state index contributed by atoms with van der Waals surface area (Å²) in [5.74, 6) is 0.194. The smallest absolute Gasteiger partial charge is 0.270 e. The molecule has 0 aliphatic heterocycles. The van der Waals surface area contributed by atoms with E-state index in [9.17, 15) is 9.59 Å². The van der Waals surface area contributed by atoms with Crippen LogP contribution in [-0.4, -0.2) is 26.6 Å². The highest BCUT2D eigenvalue weighted by atomic mass is 16.1. The zero-order valence-corrected chi connectivity index (χ0v) is 14.1. The van der Waals surface area contributed by atoms with Crippen molar-refractivity contribution in [2.75, 3.05) is 5.32 Å². The summed E-state index contributed by atoms with van der Waals surface area (Å²) in [4.78, 5) is 35.7. The van der Waals surface area contributed by atoms with Crippen molar-refractivity contribution in [3.8, 4) is 0 Å². The van der Waals surface area contributed by atoms with E-state index in [2.05, 4.69) is 25.6 Å². The van der Waals surface area contributed by atoms with Crippen molar-refractivity contribution in [1.82, 2.24) is 20.3 Å². The first-order valence-electron chi connectivity index (χ1n) is 7.99. The van der Waals surface area contributed by atoms with Crippen LogP contribution in [0.2, 0.25) is 0 Å². The van der Waals surface area contributed by atoms with Gasteiger partial charge in [0.1, 0.15) is 17.8 Å². The molecule has 3 rings (SSSR count). The van der Waals surface area contributed by atoms with E-state index in [1.165, 1.54) is 13.3 Å². The third kappa shape index (κ3) is 4.47. The first-order chi connectivity index (χ1) is 12.6. The number of carbonyl (C=O) groups excluding carboxylic acids is 2. The van der Waals surface area contributed by atoms with E-state index in [1.807, 2.05) is 12.1 Å². The fourth-order valence-electron chi connectivity index (χ4n) is 2.26. The Morgan fingerprint density at radius 2 is 1.88 bits per heavy atom. The number of hydrogen-bond donors (Lipinski definition) is 2. The Hall–Kier alpha value is -3.61. The molecule has 0 radical (unpaired) electrons. The van der Waals surface area contributed by atoms with Crippen molar-refractivity contribution < 1.29 is 9.59 Å². The van der Waals surface area contributed by atoms with Crippen molar-refractivity contribution >= 4 is 23.2 Å². The summed E-state index contributed by atoms with van der Waals surface area (Å²) in [6.45, 7) is 1.88. The number of rotatable bonds is 6. The molecular weight excluding hydrogens is 330 g/mol. The van der Waals surface area contributed by atoms with E-state index in [0.29, 0.717) is 17.9 Å². The summed E-state index contributed by atoms with van der Waals surface area (Å²) in [6, 6.07) is 12.3. The van der Waals surface area contributed by atoms with Gasteiger partial charge in [-0.3, -0.25) is 14.6 Å². The van der Waals surface area contributed by atoms with Crippen LogP contribution >= 0.6 is 0 Å². The lowest BCUT2D eigenvalue weighted by atomic mass is 10.1. The minimum Gasteiger partial charge on any atom is -0.347 e. The molecule has 0 atom stereocenters. The van der Waals surface area contributed by atoms with Gasteiger partial charge in [0.15, 0.2) is 5.78 Å². The SMILES string of the molecule is CC(=O)c1ccc(Nc2cc(C(=O)NCc3cccnc3)ncn2)cc1. The number of amides is 1. The van der Waals surface area contributed by atoms with Crippen molar-refractivity contribution in [3.05, 3.63) is 78.0 Å². The van der Waals surface area contributed by atoms with Crippen molar-refractivity contribution in [1.29, 1.82) is 0 Å². The minimum absolute atomic E-state index is 0.00570. The molecule has 0 spiro atoms. The van der Waals surface area contributed by atoms with Crippen LogP contribution in [-0.2, 0) is 6.54 Å². The van der Waals surface area contributed by atoms with Crippen LogP contribution in [0.4, 0.5) is 11.5 Å². The van der Waals surface area contributed by atoms with Gasteiger partial charge < -0.3 is 10.6 Å². The van der Waals surface area contributed by atoms with Gasteiger partial charge >= 0.3 is 0 Å². The molecule has 2 N–H and O–H groups in total. The second-order valence-electron chi connectivity index (χ2n) is 5.59. The second-order valence-corrected chi connectivity index (χ2v) is 5.59. The Bertz CT molecular complexity index is 911. The van der Waals surface area contributed by atoms with Crippen LogP contribution < -0.4 is 10.6 Å². The molecule has 7 nitrogen and oxygen atoms in total. The van der Waals surface area contributed by atoms with Gasteiger partial charge in [0.2, 0.25) is 0 Å². The average molecular weight is 347 g/mol. The monoisotopic (exact) mass is 347 g/mol. The number of carbonyl (C=O) groups is 2. The van der Waals surface area contributed by atoms with E-state index >= 15 is 0 Å². The molecule has 0 saturated carbocycles. The first kappa shape index (κ1) is 17.2. The van der Waals surface area contributed by atoms with Gasteiger partial charge in [0.25, 0.3) is 5.91 Å². The summed E-state index contributed by atoms with van der Waals surface area (Å²) >= 11 is 0. The van der Waals surface area contributed by atoms with Crippen LogP contribution in [0.1, 0.15) is 33.3 Å². The van der Waals surface area contributed by atoms with E-state index in [0.717, 1.165) is 11.3 Å². The molecular formula is C19H17N5O2. The number of benzene rings is 1. The number of Topliss-reactive ketones (excluding diaryl/α,β-unsaturated/α-hetero) is 1. The van der Waals surface area contributed by atoms with E-state index in [-0.39, 0.29) is 17.4 Å². The maximum atomic E-state index is 12.3. The minimum atomic E-state index is -0.300. The quantitative estimate of drug-likeness (QED) is 0.666. The van der Waals surface area contributed by atoms with Gasteiger partial charge in [-0.25, -0.2) is 9.97 Å². The molecule has 2 aromatic heterocycles. The summed E-state index contributed by atoms with van der Waals surface area (Å²) in [5, 5.41) is 5.88. The van der Waals surface area contributed by atoms with Gasteiger partial charge in [-0.05, 0) is 42.8 Å². The molecule has 7 heteroatoms. The predicted octanol–water partition coefficient (Wildman–Crippen LogP) is 2.75. The number of hydrogen-bond acceptors (Lipinski definition) is 6. The van der Waals surface area contributed by atoms with Crippen molar-refractivity contribution in [2.45, 2.75) is 13.5 Å². The summed E-state index contributed by atoms with van der Waals surface area (Å²) in [7, 11) is 0. The largest absolute Gasteiger partial charge is 0.347 e. The predicted molar refractivity (Wildman–Crippen MR) is 97.2 cm³/mol.